The summed E-state index contributed by atoms with van der Waals surface area (Å²) in [6, 6.07) is 0. The predicted octanol–water partition coefficient (Wildman–Crippen LogP) is 1.09. The molecule has 1 N–H and O–H groups in total. The molecule has 0 aromatic carbocycles. The minimum absolute atomic E-state index is 0.00810. The maximum Gasteiger partial charge on any atom is 0.230 e. The molecule has 13 heavy (non-hydrogen) atoms. The fourth-order valence-corrected chi connectivity index (χ4v) is 2.73. The van der Waals surface area contributed by atoms with Crippen molar-refractivity contribution < 1.29 is 9.59 Å². The van der Waals surface area contributed by atoms with E-state index < -0.39 is 0 Å². The summed E-state index contributed by atoms with van der Waals surface area (Å²) in [5.41, 5.74) is 0. The van der Waals surface area contributed by atoms with Gasteiger partial charge in [-0.2, -0.15) is 0 Å². The number of imide groups is 1. The third-order valence-electron chi connectivity index (χ3n) is 3.44. The second-order valence-corrected chi connectivity index (χ2v) is 4.09. The van der Waals surface area contributed by atoms with Crippen LogP contribution in [0.15, 0.2) is 0 Å². The molecule has 0 spiro atoms. The summed E-state index contributed by atoms with van der Waals surface area (Å²) in [5.74, 6) is 0.359. The lowest BCUT2D eigenvalue weighted by Crippen LogP contribution is -2.30. The quantitative estimate of drug-likeness (QED) is 0.615. The van der Waals surface area contributed by atoms with Crippen molar-refractivity contribution in [2.45, 2.75) is 32.6 Å². The standard InChI is InChI=1S/C10H15NO2/c1-2-6-4-3-5-7-8(6)10(13)11-9(7)12/h6-8H,2-5H2,1H3,(H,11,12,13). The van der Waals surface area contributed by atoms with Crippen LogP contribution in [0.1, 0.15) is 32.6 Å². The molecule has 3 atom stereocenters. The number of carbonyl (C=O) groups is 2. The number of hydrogen-bond donors (Lipinski definition) is 1. The van der Waals surface area contributed by atoms with Crippen molar-refractivity contribution in [1.29, 1.82) is 0 Å². The number of rotatable bonds is 1. The minimum atomic E-state index is -0.0341. The Labute approximate surface area is 77.9 Å². The number of fused-ring (bicyclic) bond motifs is 1. The Morgan fingerprint density at radius 2 is 2.08 bits per heavy atom. The second kappa shape index (κ2) is 3.13. The van der Waals surface area contributed by atoms with Crippen molar-refractivity contribution in [3.63, 3.8) is 0 Å². The van der Waals surface area contributed by atoms with Crippen LogP contribution in [-0.4, -0.2) is 11.8 Å². The lowest BCUT2D eigenvalue weighted by molar-refractivity contribution is -0.126. The molecule has 0 aromatic rings. The first-order chi connectivity index (χ1) is 6.24. The molecule has 3 nitrogen and oxygen atoms in total. The Hall–Kier alpha value is -0.860. The second-order valence-electron chi connectivity index (χ2n) is 4.09. The molecule has 72 valence electrons. The molecule has 0 aromatic heterocycles. The van der Waals surface area contributed by atoms with E-state index in [1.54, 1.807) is 0 Å². The molecule has 0 bridgehead atoms. The van der Waals surface area contributed by atoms with Gasteiger partial charge < -0.3 is 0 Å². The van der Waals surface area contributed by atoms with Crippen molar-refractivity contribution in [2.24, 2.45) is 17.8 Å². The summed E-state index contributed by atoms with van der Waals surface area (Å²) in [7, 11) is 0. The highest BCUT2D eigenvalue weighted by Gasteiger charge is 2.46. The Kier molecular flexibility index (Phi) is 2.10. The third-order valence-corrected chi connectivity index (χ3v) is 3.44. The summed E-state index contributed by atoms with van der Waals surface area (Å²) in [4.78, 5) is 22.8. The van der Waals surface area contributed by atoms with Gasteiger partial charge in [-0.3, -0.25) is 14.9 Å². The van der Waals surface area contributed by atoms with E-state index in [-0.39, 0.29) is 23.7 Å². The van der Waals surface area contributed by atoms with Gasteiger partial charge in [-0.15, -0.1) is 0 Å². The number of hydrogen-bond acceptors (Lipinski definition) is 2. The van der Waals surface area contributed by atoms with E-state index in [9.17, 15) is 9.59 Å². The van der Waals surface area contributed by atoms with Gasteiger partial charge in [0.25, 0.3) is 0 Å². The van der Waals surface area contributed by atoms with Gasteiger partial charge in [-0.25, -0.2) is 0 Å². The smallest absolute Gasteiger partial charge is 0.230 e. The van der Waals surface area contributed by atoms with E-state index in [1.165, 1.54) is 0 Å². The summed E-state index contributed by atoms with van der Waals surface area (Å²) >= 11 is 0. The van der Waals surface area contributed by atoms with Crippen LogP contribution in [0.25, 0.3) is 0 Å². The molecule has 1 saturated heterocycles. The lowest BCUT2D eigenvalue weighted by Gasteiger charge is -2.29. The van der Waals surface area contributed by atoms with E-state index >= 15 is 0 Å². The van der Waals surface area contributed by atoms with Crippen molar-refractivity contribution >= 4 is 11.8 Å². The highest BCUT2D eigenvalue weighted by atomic mass is 16.2. The summed E-state index contributed by atoms with van der Waals surface area (Å²) in [6.07, 6.45) is 4.12. The first kappa shape index (κ1) is 8.73. The SMILES string of the molecule is CCC1CCCC2C(=O)NC(=O)C12. The van der Waals surface area contributed by atoms with Gasteiger partial charge in [0.1, 0.15) is 0 Å². The van der Waals surface area contributed by atoms with Crippen LogP contribution in [0.4, 0.5) is 0 Å². The van der Waals surface area contributed by atoms with Gasteiger partial charge >= 0.3 is 0 Å². The average Bonchev–Trinajstić information content (AvgIpc) is 2.43. The fourth-order valence-electron chi connectivity index (χ4n) is 2.73. The van der Waals surface area contributed by atoms with E-state index in [2.05, 4.69) is 12.2 Å². The van der Waals surface area contributed by atoms with Crippen molar-refractivity contribution in [3.8, 4) is 0 Å². The zero-order valence-electron chi connectivity index (χ0n) is 7.88. The summed E-state index contributed by atoms with van der Waals surface area (Å²) in [6.45, 7) is 2.10. The van der Waals surface area contributed by atoms with Crippen molar-refractivity contribution in [2.75, 3.05) is 0 Å². The Balaban J connectivity index is 2.21. The van der Waals surface area contributed by atoms with Gasteiger partial charge in [-0.05, 0) is 18.8 Å². The molecule has 2 fully saturated rings. The summed E-state index contributed by atoms with van der Waals surface area (Å²) < 4.78 is 0. The Morgan fingerprint density at radius 1 is 1.31 bits per heavy atom. The normalized spacial score (nSPS) is 38.7. The van der Waals surface area contributed by atoms with Gasteiger partial charge in [0, 0.05) is 0 Å². The van der Waals surface area contributed by atoms with Gasteiger partial charge in [-0.1, -0.05) is 19.8 Å². The largest absolute Gasteiger partial charge is 0.296 e. The van der Waals surface area contributed by atoms with Crippen LogP contribution in [0.3, 0.4) is 0 Å². The van der Waals surface area contributed by atoms with Crippen LogP contribution in [0.2, 0.25) is 0 Å². The van der Waals surface area contributed by atoms with Gasteiger partial charge in [0.15, 0.2) is 0 Å². The molecule has 1 aliphatic carbocycles. The fraction of sp³-hybridized carbons (Fsp3) is 0.800. The van der Waals surface area contributed by atoms with Gasteiger partial charge in [0.05, 0.1) is 11.8 Å². The molecule has 3 heteroatoms. The first-order valence-corrected chi connectivity index (χ1v) is 5.08. The Bertz CT molecular complexity index is 249. The molecular weight excluding hydrogens is 166 g/mol. The van der Waals surface area contributed by atoms with Crippen LogP contribution in [0.5, 0.6) is 0 Å². The number of amides is 2. The maximum absolute atomic E-state index is 11.5. The predicted molar refractivity (Wildman–Crippen MR) is 47.8 cm³/mol. The van der Waals surface area contributed by atoms with Crippen molar-refractivity contribution in [3.05, 3.63) is 0 Å². The number of carbonyl (C=O) groups excluding carboxylic acids is 2. The molecule has 0 radical (unpaired) electrons. The van der Waals surface area contributed by atoms with E-state index in [0.717, 1.165) is 25.7 Å². The molecule has 3 unspecified atom stereocenters. The maximum atomic E-state index is 11.5. The third kappa shape index (κ3) is 1.26. The Morgan fingerprint density at radius 3 is 2.77 bits per heavy atom. The molecule has 2 amide bonds. The van der Waals surface area contributed by atoms with E-state index in [4.69, 9.17) is 0 Å². The van der Waals surface area contributed by atoms with Crippen LogP contribution in [0, 0.1) is 17.8 Å². The topological polar surface area (TPSA) is 46.2 Å². The zero-order valence-corrected chi connectivity index (χ0v) is 7.88. The van der Waals surface area contributed by atoms with E-state index in [1.807, 2.05) is 0 Å². The highest BCUT2D eigenvalue weighted by molar-refractivity contribution is 6.05. The summed E-state index contributed by atoms with van der Waals surface area (Å²) in [5, 5.41) is 2.45. The first-order valence-electron chi connectivity index (χ1n) is 5.08. The van der Waals surface area contributed by atoms with E-state index in [0.29, 0.717) is 5.92 Å². The lowest BCUT2D eigenvalue weighted by atomic mass is 9.72. The molecule has 1 saturated carbocycles. The van der Waals surface area contributed by atoms with Crippen molar-refractivity contribution in [1.82, 2.24) is 5.32 Å². The van der Waals surface area contributed by atoms with Crippen LogP contribution < -0.4 is 5.32 Å². The number of nitrogens with one attached hydrogen (secondary N) is 1. The van der Waals surface area contributed by atoms with Crippen LogP contribution in [-0.2, 0) is 9.59 Å². The molecule has 1 heterocycles. The molecular formula is C10H15NO2. The molecule has 1 aliphatic heterocycles. The average molecular weight is 181 g/mol. The monoisotopic (exact) mass is 181 g/mol. The van der Waals surface area contributed by atoms with Gasteiger partial charge in [0.2, 0.25) is 11.8 Å². The molecule has 2 rings (SSSR count). The zero-order chi connectivity index (χ0) is 9.42. The van der Waals surface area contributed by atoms with Crippen LogP contribution >= 0.6 is 0 Å². The molecule has 2 aliphatic rings. The highest BCUT2D eigenvalue weighted by Crippen LogP contribution is 2.39. The minimum Gasteiger partial charge on any atom is -0.296 e.